The number of carbonyl (C=O) groups is 1. The van der Waals surface area contributed by atoms with Gasteiger partial charge in [-0.1, -0.05) is 13.8 Å². The molecule has 4 nitrogen and oxygen atoms in total. The van der Waals surface area contributed by atoms with Crippen LogP contribution >= 0.6 is 0 Å². The van der Waals surface area contributed by atoms with Gasteiger partial charge in [0.15, 0.2) is 0 Å². The zero-order chi connectivity index (χ0) is 12.5. The van der Waals surface area contributed by atoms with E-state index >= 15 is 0 Å². The number of rotatable bonds is 4. The molecule has 1 aromatic heterocycles. The lowest BCUT2D eigenvalue weighted by atomic mass is 9.80. The van der Waals surface area contributed by atoms with Crippen LogP contribution in [0.25, 0.3) is 0 Å². The van der Waals surface area contributed by atoms with Crippen molar-refractivity contribution in [2.45, 2.75) is 38.1 Å². The van der Waals surface area contributed by atoms with Crippen molar-refractivity contribution in [1.82, 2.24) is 10.3 Å². The Morgan fingerprint density at radius 3 is 2.82 bits per heavy atom. The molecule has 1 aliphatic rings. The highest BCUT2D eigenvalue weighted by Gasteiger charge is 2.33. The van der Waals surface area contributed by atoms with E-state index in [4.69, 9.17) is 5.73 Å². The number of H-pyrrole nitrogens is 1. The Bertz CT molecular complexity index is 377. The van der Waals surface area contributed by atoms with E-state index in [-0.39, 0.29) is 23.3 Å². The Balaban J connectivity index is 1.83. The van der Waals surface area contributed by atoms with Gasteiger partial charge in [0, 0.05) is 35.8 Å². The molecule has 17 heavy (non-hydrogen) atoms. The minimum absolute atomic E-state index is 0.0645. The SMILES string of the molecule is CC(C)(CNC(=O)C1CC(N)C1)c1ccc[nH]1. The third-order valence-electron chi connectivity index (χ3n) is 3.58. The average Bonchev–Trinajstić information content (AvgIpc) is 2.75. The number of aromatic amines is 1. The monoisotopic (exact) mass is 235 g/mol. The second-order valence-corrected chi connectivity index (χ2v) is 5.61. The largest absolute Gasteiger partial charge is 0.364 e. The van der Waals surface area contributed by atoms with E-state index in [1.165, 1.54) is 0 Å². The molecule has 0 radical (unpaired) electrons. The number of nitrogens with one attached hydrogen (secondary N) is 2. The van der Waals surface area contributed by atoms with Gasteiger partial charge in [-0.2, -0.15) is 0 Å². The van der Waals surface area contributed by atoms with Crippen LogP contribution in [-0.4, -0.2) is 23.5 Å². The van der Waals surface area contributed by atoms with Crippen molar-refractivity contribution in [3.8, 4) is 0 Å². The molecule has 0 spiro atoms. The molecule has 0 saturated heterocycles. The molecule has 1 aliphatic carbocycles. The maximum atomic E-state index is 11.8. The number of amides is 1. The van der Waals surface area contributed by atoms with E-state index < -0.39 is 0 Å². The average molecular weight is 235 g/mol. The molecule has 1 heterocycles. The van der Waals surface area contributed by atoms with Gasteiger partial charge < -0.3 is 16.0 Å². The lowest BCUT2D eigenvalue weighted by Gasteiger charge is -2.32. The Kier molecular flexibility index (Phi) is 3.24. The van der Waals surface area contributed by atoms with E-state index in [9.17, 15) is 4.79 Å². The Morgan fingerprint density at radius 1 is 1.59 bits per heavy atom. The van der Waals surface area contributed by atoms with Crippen molar-refractivity contribution in [2.24, 2.45) is 11.7 Å². The summed E-state index contributed by atoms with van der Waals surface area (Å²) < 4.78 is 0. The molecule has 0 aromatic carbocycles. The molecule has 2 rings (SSSR count). The Labute approximate surface area is 102 Å². The van der Waals surface area contributed by atoms with Crippen LogP contribution in [0.15, 0.2) is 18.3 Å². The van der Waals surface area contributed by atoms with Crippen LogP contribution in [-0.2, 0) is 10.2 Å². The summed E-state index contributed by atoms with van der Waals surface area (Å²) in [5, 5.41) is 3.02. The van der Waals surface area contributed by atoms with Crippen molar-refractivity contribution < 1.29 is 4.79 Å². The Hall–Kier alpha value is -1.29. The van der Waals surface area contributed by atoms with Gasteiger partial charge in [0.05, 0.1) is 0 Å². The van der Waals surface area contributed by atoms with Crippen molar-refractivity contribution in [2.75, 3.05) is 6.54 Å². The fourth-order valence-corrected chi connectivity index (χ4v) is 2.17. The molecule has 0 atom stereocenters. The smallest absolute Gasteiger partial charge is 0.223 e. The minimum atomic E-state index is -0.0645. The van der Waals surface area contributed by atoms with Crippen LogP contribution in [0, 0.1) is 5.92 Å². The molecule has 0 aliphatic heterocycles. The summed E-state index contributed by atoms with van der Waals surface area (Å²) in [4.78, 5) is 15.0. The maximum Gasteiger partial charge on any atom is 0.223 e. The standard InChI is InChI=1S/C13H21N3O/c1-13(2,11-4-3-5-15-11)8-16-12(17)9-6-10(14)7-9/h3-5,9-10,15H,6-8,14H2,1-2H3,(H,16,17). The Morgan fingerprint density at radius 2 is 2.29 bits per heavy atom. The van der Waals surface area contributed by atoms with Crippen LogP contribution in [0.1, 0.15) is 32.4 Å². The normalized spacial score (nSPS) is 24.2. The van der Waals surface area contributed by atoms with Crippen LogP contribution < -0.4 is 11.1 Å². The summed E-state index contributed by atoms with van der Waals surface area (Å²) >= 11 is 0. The zero-order valence-corrected chi connectivity index (χ0v) is 10.5. The third kappa shape index (κ3) is 2.69. The summed E-state index contributed by atoms with van der Waals surface area (Å²) in [7, 11) is 0. The molecule has 0 unspecified atom stereocenters. The maximum absolute atomic E-state index is 11.8. The molecule has 1 amide bonds. The van der Waals surface area contributed by atoms with Crippen molar-refractivity contribution >= 4 is 5.91 Å². The third-order valence-corrected chi connectivity index (χ3v) is 3.58. The highest BCUT2D eigenvalue weighted by Crippen LogP contribution is 2.26. The zero-order valence-electron chi connectivity index (χ0n) is 10.5. The second kappa shape index (κ2) is 4.53. The van der Waals surface area contributed by atoms with Gasteiger partial charge >= 0.3 is 0 Å². The van der Waals surface area contributed by atoms with E-state index in [1.807, 2.05) is 18.3 Å². The predicted molar refractivity (Wildman–Crippen MR) is 67.5 cm³/mol. The van der Waals surface area contributed by atoms with Crippen molar-refractivity contribution in [3.05, 3.63) is 24.0 Å². The van der Waals surface area contributed by atoms with E-state index in [1.54, 1.807) is 0 Å². The highest BCUT2D eigenvalue weighted by atomic mass is 16.1. The molecule has 1 saturated carbocycles. The lowest BCUT2D eigenvalue weighted by molar-refractivity contribution is -0.128. The summed E-state index contributed by atoms with van der Waals surface area (Å²) in [5.74, 6) is 0.274. The first-order chi connectivity index (χ1) is 7.99. The van der Waals surface area contributed by atoms with Gasteiger partial charge in [0.25, 0.3) is 0 Å². The molecule has 4 N–H and O–H groups in total. The summed E-state index contributed by atoms with van der Waals surface area (Å²) in [6.45, 7) is 4.88. The van der Waals surface area contributed by atoms with E-state index in [0.717, 1.165) is 18.5 Å². The van der Waals surface area contributed by atoms with Crippen LogP contribution in [0.4, 0.5) is 0 Å². The van der Waals surface area contributed by atoms with Gasteiger partial charge in [-0.25, -0.2) is 0 Å². The van der Waals surface area contributed by atoms with Crippen molar-refractivity contribution in [1.29, 1.82) is 0 Å². The number of aromatic nitrogens is 1. The topological polar surface area (TPSA) is 70.9 Å². The summed E-state index contributed by atoms with van der Waals surface area (Å²) in [6, 6.07) is 4.25. The van der Waals surface area contributed by atoms with Crippen LogP contribution in [0.3, 0.4) is 0 Å². The molecule has 94 valence electrons. The van der Waals surface area contributed by atoms with Gasteiger partial charge in [-0.3, -0.25) is 4.79 Å². The van der Waals surface area contributed by atoms with Gasteiger partial charge in [-0.05, 0) is 25.0 Å². The predicted octanol–water partition coefficient (Wildman–Crippen LogP) is 1.15. The highest BCUT2D eigenvalue weighted by molar-refractivity contribution is 5.79. The first-order valence-electron chi connectivity index (χ1n) is 6.16. The van der Waals surface area contributed by atoms with Gasteiger partial charge in [-0.15, -0.1) is 0 Å². The van der Waals surface area contributed by atoms with E-state index in [2.05, 4.69) is 24.1 Å². The number of hydrogen-bond acceptors (Lipinski definition) is 2. The number of nitrogens with two attached hydrogens (primary N) is 1. The summed E-state index contributed by atoms with van der Waals surface area (Å²) in [5.41, 5.74) is 6.76. The molecule has 0 bridgehead atoms. The van der Waals surface area contributed by atoms with Gasteiger partial charge in [0.2, 0.25) is 5.91 Å². The number of carbonyl (C=O) groups excluding carboxylic acids is 1. The molecule has 4 heteroatoms. The van der Waals surface area contributed by atoms with E-state index in [0.29, 0.717) is 6.54 Å². The number of hydrogen-bond donors (Lipinski definition) is 3. The lowest BCUT2D eigenvalue weighted by Crippen LogP contribution is -2.47. The first kappa shape index (κ1) is 12.2. The molecule has 1 fully saturated rings. The molecular formula is C13H21N3O. The minimum Gasteiger partial charge on any atom is -0.364 e. The van der Waals surface area contributed by atoms with Crippen LogP contribution in [0.5, 0.6) is 0 Å². The summed E-state index contributed by atoms with van der Waals surface area (Å²) in [6.07, 6.45) is 3.56. The van der Waals surface area contributed by atoms with Crippen molar-refractivity contribution in [3.63, 3.8) is 0 Å². The quantitative estimate of drug-likeness (QED) is 0.732. The second-order valence-electron chi connectivity index (χ2n) is 5.61. The molecule has 1 aromatic rings. The fraction of sp³-hybridized carbons (Fsp3) is 0.615. The molecular weight excluding hydrogens is 214 g/mol. The fourth-order valence-electron chi connectivity index (χ4n) is 2.17. The van der Waals surface area contributed by atoms with Crippen LogP contribution in [0.2, 0.25) is 0 Å². The first-order valence-corrected chi connectivity index (χ1v) is 6.16. The van der Waals surface area contributed by atoms with Gasteiger partial charge in [0.1, 0.15) is 0 Å².